The molecule has 1 fully saturated rings. The van der Waals surface area contributed by atoms with E-state index < -0.39 is 0 Å². The van der Waals surface area contributed by atoms with Crippen molar-refractivity contribution in [2.75, 3.05) is 19.5 Å². The SMILES string of the molecule is COc1ccc(CC2CCCO2)c(N)c1. The summed E-state index contributed by atoms with van der Waals surface area (Å²) in [4.78, 5) is 0. The van der Waals surface area contributed by atoms with Crippen LogP contribution in [0.3, 0.4) is 0 Å². The van der Waals surface area contributed by atoms with Gasteiger partial charge in [0.2, 0.25) is 0 Å². The number of methoxy groups -OCH3 is 1. The fourth-order valence-corrected chi connectivity index (χ4v) is 1.94. The van der Waals surface area contributed by atoms with Crippen molar-refractivity contribution in [1.29, 1.82) is 0 Å². The highest BCUT2D eigenvalue weighted by Crippen LogP contribution is 2.24. The summed E-state index contributed by atoms with van der Waals surface area (Å²) in [5, 5.41) is 0. The van der Waals surface area contributed by atoms with Gasteiger partial charge in [0.1, 0.15) is 5.75 Å². The van der Waals surface area contributed by atoms with Crippen LogP contribution >= 0.6 is 0 Å². The van der Waals surface area contributed by atoms with Crippen molar-refractivity contribution in [3.8, 4) is 5.75 Å². The summed E-state index contributed by atoms with van der Waals surface area (Å²) in [5.41, 5.74) is 7.89. The van der Waals surface area contributed by atoms with E-state index in [2.05, 4.69) is 0 Å². The Morgan fingerprint density at radius 3 is 3.00 bits per heavy atom. The third-order valence-electron chi connectivity index (χ3n) is 2.82. The monoisotopic (exact) mass is 207 g/mol. The lowest BCUT2D eigenvalue weighted by atomic mass is 10.0. The molecule has 3 nitrogen and oxygen atoms in total. The maximum Gasteiger partial charge on any atom is 0.120 e. The molecule has 2 N–H and O–H groups in total. The minimum Gasteiger partial charge on any atom is -0.497 e. The van der Waals surface area contributed by atoms with Gasteiger partial charge in [-0.1, -0.05) is 6.07 Å². The predicted octanol–water partition coefficient (Wildman–Crippen LogP) is 2.00. The quantitative estimate of drug-likeness (QED) is 0.771. The van der Waals surface area contributed by atoms with E-state index in [9.17, 15) is 0 Å². The van der Waals surface area contributed by atoms with E-state index in [4.69, 9.17) is 15.2 Å². The van der Waals surface area contributed by atoms with E-state index in [0.29, 0.717) is 6.10 Å². The first-order valence-corrected chi connectivity index (χ1v) is 5.33. The van der Waals surface area contributed by atoms with Gasteiger partial charge in [-0.2, -0.15) is 0 Å². The number of ether oxygens (including phenoxy) is 2. The Balaban J connectivity index is 2.07. The molecule has 82 valence electrons. The molecule has 15 heavy (non-hydrogen) atoms. The highest BCUT2D eigenvalue weighted by molar-refractivity contribution is 5.51. The van der Waals surface area contributed by atoms with Crippen molar-refractivity contribution in [3.63, 3.8) is 0 Å². The summed E-state index contributed by atoms with van der Waals surface area (Å²) in [5.74, 6) is 0.809. The van der Waals surface area contributed by atoms with Crippen molar-refractivity contribution in [2.24, 2.45) is 0 Å². The van der Waals surface area contributed by atoms with Crippen LogP contribution in [0.5, 0.6) is 5.75 Å². The van der Waals surface area contributed by atoms with E-state index in [-0.39, 0.29) is 0 Å². The molecule has 1 heterocycles. The van der Waals surface area contributed by atoms with Crippen LogP contribution in [0.25, 0.3) is 0 Å². The normalized spacial score (nSPS) is 20.5. The number of nitrogen functional groups attached to an aromatic ring is 1. The highest BCUT2D eigenvalue weighted by atomic mass is 16.5. The fraction of sp³-hybridized carbons (Fsp3) is 0.500. The zero-order chi connectivity index (χ0) is 10.7. The molecule has 0 bridgehead atoms. The molecule has 0 radical (unpaired) electrons. The van der Waals surface area contributed by atoms with Gasteiger partial charge >= 0.3 is 0 Å². The lowest BCUT2D eigenvalue weighted by molar-refractivity contribution is 0.111. The molecule has 1 saturated heterocycles. The van der Waals surface area contributed by atoms with Crippen LogP contribution in [0.4, 0.5) is 5.69 Å². The predicted molar refractivity (Wildman–Crippen MR) is 60.1 cm³/mol. The molecule has 1 aromatic rings. The number of benzene rings is 1. The van der Waals surface area contributed by atoms with E-state index >= 15 is 0 Å². The standard InChI is InChI=1S/C12H17NO2/c1-14-10-5-4-9(12(13)8-10)7-11-3-2-6-15-11/h4-5,8,11H,2-3,6-7,13H2,1H3. The molecule has 1 aromatic carbocycles. The summed E-state index contributed by atoms with van der Waals surface area (Å²) in [7, 11) is 1.65. The van der Waals surface area contributed by atoms with Crippen molar-refractivity contribution in [3.05, 3.63) is 23.8 Å². The van der Waals surface area contributed by atoms with Gasteiger partial charge in [0.15, 0.2) is 0 Å². The highest BCUT2D eigenvalue weighted by Gasteiger charge is 2.17. The third-order valence-corrected chi connectivity index (χ3v) is 2.82. The third kappa shape index (κ3) is 2.42. The van der Waals surface area contributed by atoms with Crippen LogP contribution in [0, 0.1) is 0 Å². The first kappa shape index (κ1) is 10.3. The second kappa shape index (κ2) is 4.53. The molecule has 1 aliphatic heterocycles. The Bertz CT molecular complexity index is 332. The largest absolute Gasteiger partial charge is 0.497 e. The maximum atomic E-state index is 5.94. The summed E-state index contributed by atoms with van der Waals surface area (Å²) in [6, 6.07) is 5.83. The summed E-state index contributed by atoms with van der Waals surface area (Å²) >= 11 is 0. The Labute approximate surface area is 90.2 Å². The fourth-order valence-electron chi connectivity index (χ4n) is 1.94. The van der Waals surface area contributed by atoms with Crippen LogP contribution in [-0.2, 0) is 11.2 Å². The topological polar surface area (TPSA) is 44.5 Å². The molecule has 0 saturated carbocycles. The summed E-state index contributed by atoms with van der Waals surface area (Å²) in [6.45, 7) is 0.890. The van der Waals surface area contributed by atoms with Gasteiger partial charge in [0.25, 0.3) is 0 Å². The number of hydrogen-bond acceptors (Lipinski definition) is 3. The minimum absolute atomic E-state index is 0.348. The second-order valence-electron chi connectivity index (χ2n) is 3.90. The van der Waals surface area contributed by atoms with Gasteiger partial charge in [-0.3, -0.25) is 0 Å². The molecule has 0 aliphatic carbocycles. The van der Waals surface area contributed by atoms with Gasteiger partial charge in [-0.15, -0.1) is 0 Å². The summed E-state index contributed by atoms with van der Waals surface area (Å²) < 4.78 is 10.7. The Kier molecular flexibility index (Phi) is 3.11. The van der Waals surface area contributed by atoms with Crippen molar-refractivity contribution >= 4 is 5.69 Å². The van der Waals surface area contributed by atoms with E-state index in [1.165, 1.54) is 6.42 Å². The first-order valence-electron chi connectivity index (χ1n) is 5.33. The first-order chi connectivity index (χ1) is 7.29. The number of hydrogen-bond donors (Lipinski definition) is 1. The molecule has 0 amide bonds. The van der Waals surface area contributed by atoms with E-state index in [1.807, 2.05) is 18.2 Å². The molecular weight excluding hydrogens is 190 g/mol. The van der Waals surface area contributed by atoms with Gasteiger partial charge in [-0.25, -0.2) is 0 Å². The Morgan fingerprint density at radius 2 is 2.40 bits per heavy atom. The molecule has 0 spiro atoms. The molecule has 3 heteroatoms. The van der Waals surface area contributed by atoms with E-state index in [0.717, 1.165) is 36.4 Å². The number of nitrogens with two attached hydrogens (primary N) is 1. The van der Waals surface area contributed by atoms with E-state index in [1.54, 1.807) is 7.11 Å². The summed E-state index contributed by atoms with van der Waals surface area (Å²) in [6.07, 6.45) is 3.57. The average molecular weight is 207 g/mol. The van der Waals surface area contributed by atoms with Crippen LogP contribution in [-0.4, -0.2) is 19.8 Å². The molecular formula is C12H17NO2. The van der Waals surface area contributed by atoms with Gasteiger partial charge in [0, 0.05) is 24.8 Å². The molecule has 1 unspecified atom stereocenters. The van der Waals surface area contributed by atoms with Gasteiger partial charge in [0.05, 0.1) is 13.2 Å². The van der Waals surface area contributed by atoms with Gasteiger partial charge in [-0.05, 0) is 24.5 Å². The van der Waals surface area contributed by atoms with Crippen molar-refractivity contribution in [1.82, 2.24) is 0 Å². The molecule has 0 aromatic heterocycles. The van der Waals surface area contributed by atoms with Gasteiger partial charge < -0.3 is 15.2 Å². The van der Waals surface area contributed by atoms with Crippen LogP contribution in [0.1, 0.15) is 18.4 Å². The lowest BCUT2D eigenvalue weighted by Gasteiger charge is -2.12. The van der Waals surface area contributed by atoms with Crippen LogP contribution < -0.4 is 10.5 Å². The number of rotatable bonds is 3. The minimum atomic E-state index is 0.348. The molecule has 2 rings (SSSR count). The maximum absolute atomic E-state index is 5.94. The lowest BCUT2D eigenvalue weighted by Crippen LogP contribution is -2.10. The Morgan fingerprint density at radius 1 is 1.53 bits per heavy atom. The smallest absolute Gasteiger partial charge is 0.120 e. The van der Waals surface area contributed by atoms with Crippen molar-refractivity contribution in [2.45, 2.75) is 25.4 Å². The zero-order valence-corrected chi connectivity index (χ0v) is 9.03. The average Bonchev–Trinajstić information content (AvgIpc) is 2.74. The molecule has 1 aliphatic rings. The molecule has 1 atom stereocenters. The zero-order valence-electron chi connectivity index (χ0n) is 9.03. The number of anilines is 1. The second-order valence-corrected chi connectivity index (χ2v) is 3.90. The van der Waals surface area contributed by atoms with Crippen molar-refractivity contribution < 1.29 is 9.47 Å². The van der Waals surface area contributed by atoms with Crippen LogP contribution in [0.2, 0.25) is 0 Å². The van der Waals surface area contributed by atoms with Crippen LogP contribution in [0.15, 0.2) is 18.2 Å². The Hall–Kier alpha value is -1.22.